The van der Waals surface area contributed by atoms with Crippen LogP contribution in [0.3, 0.4) is 0 Å². The first-order valence-corrected chi connectivity index (χ1v) is 11.3. The topological polar surface area (TPSA) is 51.7 Å². The fraction of sp³-hybridized carbons (Fsp3) is 0.360. The predicted molar refractivity (Wildman–Crippen MR) is 125 cm³/mol. The second-order valence-corrected chi connectivity index (χ2v) is 9.10. The molecule has 0 N–H and O–H groups in total. The summed E-state index contributed by atoms with van der Waals surface area (Å²) >= 11 is 1.56. The molecule has 0 aliphatic carbocycles. The first-order chi connectivity index (χ1) is 14.8. The minimum Gasteiger partial charge on any atom is -0.497 e. The molecule has 6 heteroatoms. The van der Waals surface area contributed by atoms with E-state index in [9.17, 15) is 4.79 Å². The van der Waals surface area contributed by atoms with Crippen LogP contribution in [-0.4, -0.2) is 29.4 Å². The number of carbonyl (C=O) groups is 1. The van der Waals surface area contributed by atoms with Gasteiger partial charge in [0, 0.05) is 17.5 Å². The van der Waals surface area contributed by atoms with E-state index in [0.717, 1.165) is 22.2 Å². The summed E-state index contributed by atoms with van der Waals surface area (Å²) in [7, 11) is 1.62. The molecular weight excluding hydrogens is 408 g/mol. The number of thiazole rings is 1. The molecule has 0 aliphatic rings. The fourth-order valence-electron chi connectivity index (χ4n) is 3.42. The van der Waals surface area contributed by atoms with Crippen molar-refractivity contribution >= 4 is 17.2 Å². The van der Waals surface area contributed by atoms with E-state index in [1.54, 1.807) is 30.6 Å². The number of hydrogen-bond donors (Lipinski definition) is 0. The van der Waals surface area contributed by atoms with Crippen LogP contribution in [-0.2, 0) is 13.2 Å². The zero-order valence-corrected chi connectivity index (χ0v) is 19.7. The molecule has 1 amide bonds. The smallest absolute Gasteiger partial charge is 0.254 e. The van der Waals surface area contributed by atoms with Crippen LogP contribution in [0.25, 0.3) is 0 Å². The fourth-order valence-corrected chi connectivity index (χ4v) is 4.12. The van der Waals surface area contributed by atoms with Gasteiger partial charge in [-0.05, 0) is 67.3 Å². The number of aryl methyl sites for hydroxylation is 2. The third-order valence-electron chi connectivity index (χ3n) is 4.72. The lowest BCUT2D eigenvalue weighted by Gasteiger charge is -2.24. The number of nitrogens with zero attached hydrogens (tertiary/aromatic N) is 2. The molecule has 0 saturated heterocycles. The van der Waals surface area contributed by atoms with E-state index in [1.807, 2.05) is 34.5 Å². The number of carbonyl (C=O) groups excluding carboxylic acids is 1. The van der Waals surface area contributed by atoms with Gasteiger partial charge in [-0.1, -0.05) is 19.9 Å². The zero-order valence-electron chi connectivity index (χ0n) is 18.8. The molecule has 0 atom stereocenters. The van der Waals surface area contributed by atoms with Gasteiger partial charge in [0.05, 0.1) is 19.3 Å². The molecule has 1 heterocycles. The Bertz CT molecular complexity index is 992. The van der Waals surface area contributed by atoms with Crippen LogP contribution in [0.2, 0.25) is 0 Å². The Hall–Kier alpha value is -2.86. The Kier molecular flexibility index (Phi) is 7.69. The average molecular weight is 439 g/mol. The Balaban J connectivity index is 1.67. The highest BCUT2D eigenvalue weighted by Crippen LogP contribution is 2.21. The highest BCUT2D eigenvalue weighted by atomic mass is 32.1. The van der Waals surface area contributed by atoms with Gasteiger partial charge in [0.2, 0.25) is 0 Å². The maximum atomic E-state index is 13.1. The molecule has 0 saturated carbocycles. The lowest BCUT2D eigenvalue weighted by Crippen LogP contribution is -2.33. The van der Waals surface area contributed by atoms with Crippen molar-refractivity contribution in [1.29, 1.82) is 0 Å². The molecule has 31 heavy (non-hydrogen) atoms. The van der Waals surface area contributed by atoms with E-state index in [2.05, 4.69) is 33.8 Å². The number of methoxy groups -OCH3 is 1. The molecule has 0 spiro atoms. The molecule has 3 rings (SSSR count). The lowest BCUT2D eigenvalue weighted by molar-refractivity contribution is 0.0720. The highest BCUT2D eigenvalue weighted by molar-refractivity contribution is 7.09. The summed E-state index contributed by atoms with van der Waals surface area (Å²) in [4.78, 5) is 19.7. The van der Waals surface area contributed by atoms with Gasteiger partial charge < -0.3 is 14.4 Å². The molecule has 0 unspecified atom stereocenters. The Morgan fingerprint density at radius 2 is 1.74 bits per heavy atom. The van der Waals surface area contributed by atoms with E-state index >= 15 is 0 Å². The maximum absolute atomic E-state index is 13.1. The molecule has 0 fully saturated rings. The van der Waals surface area contributed by atoms with Gasteiger partial charge in [-0.15, -0.1) is 11.3 Å². The second-order valence-electron chi connectivity index (χ2n) is 8.15. The summed E-state index contributed by atoms with van der Waals surface area (Å²) < 4.78 is 11.1. The molecule has 0 radical (unpaired) electrons. The van der Waals surface area contributed by atoms with Gasteiger partial charge >= 0.3 is 0 Å². The van der Waals surface area contributed by atoms with Crippen LogP contribution >= 0.6 is 11.3 Å². The van der Waals surface area contributed by atoms with Gasteiger partial charge in [-0.2, -0.15) is 0 Å². The van der Waals surface area contributed by atoms with E-state index in [-0.39, 0.29) is 5.91 Å². The van der Waals surface area contributed by atoms with Crippen molar-refractivity contribution in [2.24, 2.45) is 5.92 Å². The van der Waals surface area contributed by atoms with E-state index in [1.165, 1.54) is 11.1 Å². The van der Waals surface area contributed by atoms with E-state index in [4.69, 9.17) is 14.5 Å². The van der Waals surface area contributed by atoms with Crippen LogP contribution in [0.5, 0.6) is 11.5 Å². The van der Waals surface area contributed by atoms with E-state index < -0.39 is 0 Å². The minimum atomic E-state index is -0.00242. The first-order valence-electron chi connectivity index (χ1n) is 10.4. The van der Waals surface area contributed by atoms with Crippen LogP contribution in [0.4, 0.5) is 0 Å². The normalized spacial score (nSPS) is 10.9. The summed E-state index contributed by atoms with van der Waals surface area (Å²) in [6.07, 6.45) is 0. The van der Waals surface area contributed by atoms with Crippen LogP contribution < -0.4 is 9.47 Å². The second kappa shape index (κ2) is 10.4. The molecule has 1 aromatic heterocycles. The Labute approximate surface area is 188 Å². The van der Waals surface area contributed by atoms with Gasteiger partial charge in [-0.3, -0.25) is 4.79 Å². The van der Waals surface area contributed by atoms with Crippen molar-refractivity contribution in [3.8, 4) is 11.5 Å². The minimum absolute atomic E-state index is 0.00242. The molecule has 164 valence electrons. The molecular formula is C25H30N2O3S. The van der Waals surface area contributed by atoms with Crippen molar-refractivity contribution in [2.45, 2.75) is 40.8 Å². The van der Waals surface area contributed by atoms with Gasteiger partial charge in [0.1, 0.15) is 23.1 Å². The SMILES string of the molecule is COc1ccc(C(=O)N(Cc2csc(COc3cc(C)cc(C)c3)n2)CC(C)C)cc1. The number of amides is 1. The molecule has 5 nitrogen and oxygen atoms in total. The molecule has 0 bridgehead atoms. The van der Waals surface area contributed by atoms with Gasteiger partial charge in [0.15, 0.2) is 0 Å². The lowest BCUT2D eigenvalue weighted by atomic mass is 10.1. The highest BCUT2D eigenvalue weighted by Gasteiger charge is 2.19. The third-order valence-corrected chi connectivity index (χ3v) is 5.59. The van der Waals surface area contributed by atoms with Crippen molar-refractivity contribution in [3.05, 3.63) is 75.2 Å². The van der Waals surface area contributed by atoms with Gasteiger partial charge in [-0.25, -0.2) is 4.98 Å². The van der Waals surface area contributed by atoms with Crippen molar-refractivity contribution in [2.75, 3.05) is 13.7 Å². The number of hydrogen-bond acceptors (Lipinski definition) is 5. The molecule has 3 aromatic rings. The van der Waals surface area contributed by atoms with Crippen molar-refractivity contribution < 1.29 is 14.3 Å². The van der Waals surface area contributed by atoms with Gasteiger partial charge in [0.25, 0.3) is 5.91 Å². The maximum Gasteiger partial charge on any atom is 0.254 e. The van der Waals surface area contributed by atoms with Crippen molar-refractivity contribution in [1.82, 2.24) is 9.88 Å². The Morgan fingerprint density at radius 3 is 2.35 bits per heavy atom. The predicted octanol–water partition coefficient (Wildman–Crippen LogP) is 5.65. The summed E-state index contributed by atoms with van der Waals surface area (Å²) in [5.41, 5.74) is 3.88. The standard InChI is InChI=1S/C25H30N2O3S/c1-17(2)13-27(25(28)20-6-8-22(29-5)9-7-20)14-21-16-31-24(26-21)15-30-23-11-18(3)10-19(4)12-23/h6-12,16-17H,13-15H2,1-5H3. The van der Waals surface area contributed by atoms with Crippen LogP contribution in [0, 0.1) is 19.8 Å². The average Bonchev–Trinajstić information content (AvgIpc) is 3.18. The Morgan fingerprint density at radius 1 is 1.06 bits per heavy atom. The van der Waals surface area contributed by atoms with Crippen molar-refractivity contribution in [3.63, 3.8) is 0 Å². The number of aromatic nitrogens is 1. The molecule has 0 aliphatic heterocycles. The van der Waals surface area contributed by atoms with E-state index in [0.29, 0.717) is 31.2 Å². The number of rotatable bonds is 9. The molecule has 2 aromatic carbocycles. The van der Waals surface area contributed by atoms with Crippen LogP contribution in [0.15, 0.2) is 47.8 Å². The third kappa shape index (κ3) is 6.56. The monoisotopic (exact) mass is 438 g/mol. The number of ether oxygens (including phenoxy) is 2. The zero-order chi connectivity index (χ0) is 22.4. The summed E-state index contributed by atoms with van der Waals surface area (Å²) in [5.74, 6) is 1.94. The first kappa shape index (κ1) is 22.8. The largest absolute Gasteiger partial charge is 0.497 e. The van der Waals surface area contributed by atoms with Crippen LogP contribution in [0.1, 0.15) is 46.0 Å². The summed E-state index contributed by atoms with van der Waals surface area (Å²) in [6.45, 7) is 9.90. The number of benzene rings is 2. The summed E-state index contributed by atoms with van der Waals surface area (Å²) in [5, 5.41) is 2.91. The quantitative estimate of drug-likeness (QED) is 0.433. The summed E-state index contributed by atoms with van der Waals surface area (Å²) in [6, 6.07) is 13.4.